The third-order valence-electron chi connectivity index (χ3n) is 2.32. The van der Waals surface area contributed by atoms with Gasteiger partial charge in [-0.25, -0.2) is 9.78 Å². The van der Waals surface area contributed by atoms with Gasteiger partial charge >= 0.3 is 5.97 Å². The van der Waals surface area contributed by atoms with Crippen LogP contribution in [-0.2, 0) is 6.42 Å². The SMILES string of the molecule is O=C(O)c1ccc(OCCc2ccccn2)nc1. The van der Waals surface area contributed by atoms with Crippen LogP contribution < -0.4 is 4.74 Å². The van der Waals surface area contributed by atoms with Gasteiger partial charge in [0.1, 0.15) is 0 Å². The van der Waals surface area contributed by atoms with Crippen LogP contribution in [0.2, 0.25) is 0 Å². The second-order valence-electron chi connectivity index (χ2n) is 3.61. The Morgan fingerprint density at radius 3 is 2.72 bits per heavy atom. The number of ether oxygens (including phenoxy) is 1. The first-order chi connectivity index (χ1) is 8.75. The van der Waals surface area contributed by atoms with Crippen LogP contribution in [0.4, 0.5) is 0 Å². The van der Waals surface area contributed by atoms with Crippen molar-refractivity contribution in [2.75, 3.05) is 6.61 Å². The van der Waals surface area contributed by atoms with Gasteiger partial charge in [0.15, 0.2) is 0 Å². The molecule has 0 radical (unpaired) electrons. The summed E-state index contributed by atoms with van der Waals surface area (Å²) in [6.07, 6.45) is 3.69. The van der Waals surface area contributed by atoms with Gasteiger partial charge < -0.3 is 9.84 Å². The Kier molecular flexibility index (Phi) is 3.86. The predicted octanol–water partition coefficient (Wildman–Crippen LogP) is 1.80. The predicted molar refractivity (Wildman–Crippen MR) is 64.6 cm³/mol. The van der Waals surface area contributed by atoms with Crippen LogP contribution in [0, 0.1) is 0 Å². The minimum Gasteiger partial charge on any atom is -0.478 e. The fourth-order valence-corrected chi connectivity index (χ4v) is 1.40. The van der Waals surface area contributed by atoms with Crippen molar-refractivity contribution in [3.8, 4) is 5.88 Å². The van der Waals surface area contributed by atoms with E-state index < -0.39 is 5.97 Å². The molecule has 0 saturated heterocycles. The quantitative estimate of drug-likeness (QED) is 0.868. The molecule has 2 rings (SSSR count). The van der Waals surface area contributed by atoms with E-state index in [0.29, 0.717) is 18.9 Å². The summed E-state index contributed by atoms with van der Waals surface area (Å²) in [4.78, 5) is 18.7. The van der Waals surface area contributed by atoms with Gasteiger partial charge in [-0.2, -0.15) is 0 Å². The zero-order valence-electron chi connectivity index (χ0n) is 9.61. The van der Waals surface area contributed by atoms with E-state index in [4.69, 9.17) is 9.84 Å². The number of hydrogen-bond acceptors (Lipinski definition) is 4. The molecule has 18 heavy (non-hydrogen) atoms. The minimum atomic E-state index is -0.998. The van der Waals surface area contributed by atoms with E-state index in [9.17, 15) is 4.79 Å². The van der Waals surface area contributed by atoms with E-state index in [1.54, 1.807) is 12.3 Å². The first-order valence-electron chi connectivity index (χ1n) is 5.48. The summed E-state index contributed by atoms with van der Waals surface area (Å²) in [5.74, 6) is -0.585. The highest BCUT2D eigenvalue weighted by Crippen LogP contribution is 2.08. The number of hydrogen-bond donors (Lipinski definition) is 1. The lowest BCUT2D eigenvalue weighted by atomic mass is 10.3. The third kappa shape index (κ3) is 3.28. The molecule has 0 bridgehead atoms. The zero-order chi connectivity index (χ0) is 12.8. The summed E-state index contributed by atoms with van der Waals surface area (Å²) in [5.41, 5.74) is 1.09. The lowest BCUT2D eigenvalue weighted by Crippen LogP contribution is -2.04. The van der Waals surface area contributed by atoms with Crippen LogP contribution in [0.3, 0.4) is 0 Å². The van der Waals surface area contributed by atoms with E-state index in [1.165, 1.54) is 12.3 Å². The highest BCUT2D eigenvalue weighted by molar-refractivity contribution is 5.87. The molecule has 92 valence electrons. The summed E-state index contributed by atoms with van der Waals surface area (Å²) in [6, 6.07) is 8.70. The van der Waals surface area contributed by atoms with Gasteiger partial charge in [0.25, 0.3) is 0 Å². The average molecular weight is 244 g/mol. The van der Waals surface area contributed by atoms with Gasteiger partial charge in [0, 0.05) is 30.6 Å². The Balaban J connectivity index is 1.85. The van der Waals surface area contributed by atoms with Crippen molar-refractivity contribution < 1.29 is 14.6 Å². The molecule has 0 unspecified atom stereocenters. The summed E-state index contributed by atoms with van der Waals surface area (Å²) in [7, 11) is 0. The van der Waals surface area contributed by atoms with Crippen LogP contribution in [0.25, 0.3) is 0 Å². The number of aromatic carboxylic acids is 1. The minimum absolute atomic E-state index is 0.145. The zero-order valence-corrected chi connectivity index (χ0v) is 9.61. The maximum absolute atomic E-state index is 10.6. The topological polar surface area (TPSA) is 72.3 Å². The van der Waals surface area contributed by atoms with E-state index in [-0.39, 0.29) is 5.56 Å². The van der Waals surface area contributed by atoms with Crippen LogP contribution in [0.1, 0.15) is 16.1 Å². The lowest BCUT2D eigenvalue weighted by molar-refractivity contribution is 0.0696. The number of carboxylic acids is 1. The molecular weight excluding hydrogens is 232 g/mol. The first kappa shape index (κ1) is 12.0. The maximum atomic E-state index is 10.6. The Labute approximate surface area is 104 Å². The second-order valence-corrected chi connectivity index (χ2v) is 3.61. The molecule has 0 fully saturated rings. The van der Waals surface area contributed by atoms with Gasteiger partial charge in [-0.1, -0.05) is 6.07 Å². The average Bonchev–Trinajstić information content (AvgIpc) is 2.40. The highest BCUT2D eigenvalue weighted by atomic mass is 16.5. The van der Waals surface area contributed by atoms with E-state index in [2.05, 4.69) is 9.97 Å². The molecule has 0 spiro atoms. The molecule has 2 aromatic heterocycles. The molecule has 2 aromatic rings. The standard InChI is InChI=1S/C13H12N2O3/c16-13(17)10-4-5-12(15-9-10)18-8-6-11-3-1-2-7-14-11/h1-5,7,9H,6,8H2,(H,16,17). The Morgan fingerprint density at radius 2 is 2.11 bits per heavy atom. The number of aromatic nitrogens is 2. The normalized spacial score (nSPS) is 10.0. The van der Waals surface area contributed by atoms with E-state index in [1.807, 2.05) is 18.2 Å². The number of nitrogens with zero attached hydrogens (tertiary/aromatic N) is 2. The van der Waals surface area contributed by atoms with Gasteiger partial charge in [0.2, 0.25) is 5.88 Å². The van der Waals surface area contributed by atoms with Crippen LogP contribution in [0.5, 0.6) is 5.88 Å². The number of carboxylic acid groups (broad SMARTS) is 1. The van der Waals surface area contributed by atoms with Crippen molar-refractivity contribution in [3.63, 3.8) is 0 Å². The molecule has 0 saturated carbocycles. The summed E-state index contributed by atoms with van der Waals surface area (Å²) in [6.45, 7) is 0.455. The molecule has 0 amide bonds. The molecule has 0 atom stereocenters. The van der Waals surface area contributed by atoms with Crippen molar-refractivity contribution in [3.05, 3.63) is 54.0 Å². The molecule has 0 aromatic carbocycles. The Hall–Kier alpha value is -2.43. The number of rotatable bonds is 5. The van der Waals surface area contributed by atoms with E-state index in [0.717, 1.165) is 5.69 Å². The first-order valence-corrected chi connectivity index (χ1v) is 5.48. The Morgan fingerprint density at radius 1 is 1.22 bits per heavy atom. The molecular formula is C13H12N2O3. The van der Waals surface area contributed by atoms with Crippen molar-refractivity contribution in [2.45, 2.75) is 6.42 Å². The molecule has 2 heterocycles. The number of pyridine rings is 2. The molecule has 5 nitrogen and oxygen atoms in total. The summed E-state index contributed by atoms with van der Waals surface area (Å²) < 4.78 is 5.40. The van der Waals surface area contributed by atoms with Gasteiger partial charge in [-0.05, 0) is 18.2 Å². The Bertz CT molecular complexity index is 512. The fraction of sp³-hybridized carbons (Fsp3) is 0.154. The van der Waals surface area contributed by atoms with Crippen molar-refractivity contribution in [1.29, 1.82) is 0 Å². The lowest BCUT2D eigenvalue weighted by Gasteiger charge is -2.04. The van der Waals surface area contributed by atoms with Crippen LogP contribution >= 0.6 is 0 Å². The second kappa shape index (κ2) is 5.77. The van der Waals surface area contributed by atoms with E-state index >= 15 is 0 Å². The fourth-order valence-electron chi connectivity index (χ4n) is 1.40. The molecule has 0 aliphatic carbocycles. The summed E-state index contributed by atoms with van der Waals surface area (Å²) >= 11 is 0. The van der Waals surface area contributed by atoms with Crippen molar-refractivity contribution in [1.82, 2.24) is 9.97 Å². The smallest absolute Gasteiger partial charge is 0.337 e. The largest absolute Gasteiger partial charge is 0.478 e. The highest BCUT2D eigenvalue weighted by Gasteiger charge is 2.03. The molecule has 5 heteroatoms. The monoisotopic (exact) mass is 244 g/mol. The molecule has 1 N–H and O–H groups in total. The van der Waals surface area contributed by atoms with Crippen LogP contribution in [-0.4, -0.2) is 27.7 Å². The van der Waals surface area contributed by atoms with Crippen LogP contribution in [0.15, 0.2) is 42.7 Å². The van der Waals surface area contributed by atoms with Gasteiger partial charge in [0.05, 0.1) is 12.2 Å². The van der Waals surface area contributed by atoms with Gasteiger partial charge in [-0.3, -0.25) is 4.98 Å². The van der Waals surface area contributed by atoms with Crippen molar-refractivity contribution >= 4 is 5.97 Å². The number of carbonyl (C=O) groups is 1. The summed E-state index contributed by atoms with van der Waals surface area (Å²) in [5, 5.41) is 8.71. The molecule has 0 aliphatic heterocycles. The van der Waals surface area contributed by atoms with Crippen molar-refractivity contribution in [2.24, 2.45) is 0 Å². The molecule has 0 aliphatic rings. The maximum Gasteiger partial charge on any atom is 0.337 e. The van der Waals surface area contributed by atoms with Gasteiger partial charge in [-0.15, -0.1) is 0 Å². The third-order valence-corrected chi connectivity index (χ3v) is 2.32.